The van der Waals surface area contributed by atoms with Crippen LogP contribution in [0.3, 0.4) is 0 Å². The third-order valence-corrected chi connectivity index (χ3v) is 6.10. The second-order valence-electron chi connectivity index (χ2n) is 7.96. The molecule has 1 aromatic carbocycles. The molecule has 1 aliphatic rings. The molecule has 0 unspecified atom stereocenters. The van der Waals surface area contributed by atoms with Gasteiger partial charge in [0.1, 0.15) is 11.6 Å². The number of hydrogen-bond donors (Lipinski definition) is 1. The fourth-order valence-electron chi connectivity index (χ4n) is 4.52. The number of nitrogens with one attached hydrogen (secondary N) is 1. The van der Waals surface area contributed by atoms with Gasteiger partial charge in [0.05, 0.1) is 41.3 Å². The zero-order valence-electron chi connectivity index (χ0n) is 17.1. The molecule has 6 nitrogen and oxygen atoms in total. The largest absolute Gasteiger partial charge is 0.351 e. The molecule has 5 rings (SSSR count). The molecule has 30 heavy (non-hydrogen) atoms. The summed E-state index contributed by atoms with van der Waals surface area (Å²) in [6.45, 7) is 1.53. The van der Waals surface area contributed by atoms with Gasteiger partial charge in [0.15, 0.2) is 0 Å². The quantitative estimate of drug-likeness (QED) is 0.529. The number of nitrogens with zero attached hydrogens (tertiary/aromatic N) is 5. The fourth-order valence-corrected chi connectivity index (χ4v) is 4.52. The summed E-state index contributed by atoms with van der Waals surface area (Å²) >= 11 is 0. The van der Waals surface area contributed by atoms with E-state index in [0.29, 0.717) is 12.1 Å². The Kier molecular flexibility index (Phi) is 5.04. The van der Waals surface area contributed by atoms with Gasteiger partial charge < -0.3 is 9.55 Å². The summed E-state index contributed by atoms with van der Waals surface area (Å²) in [5.74, 6) is 0.675. The van der Waals surface area contributed by atoms with Crippen molar-refractivity contribution in [1.82, 2.24) is 29.4 Å². The number of H-pyrrole nitrogens is 1. The van der Waals surface area contributed by atoms with E-state index < -0.39 is 0 Å². The van der Waals surface area contributed by atoms with Gasteiger partial charge in [-0.2, -0.15) is 0 Å². The molecule has 1 N–H and O–H groups in total. The molecule has 4 aromatic rings. The molecule has 1 aliphatic carbocycles. The smallest absolute Gasteiger partial charge is 0.125 e. The van der Waals surface area contributed by atoms with E-state index in [1.165, 1.54) is 23.4 Å². The van der Waals surface area contributed by atoms with Crippen molar-refractivity contribution in [1.29, 1.82) is 0 Å². The van der Waals surface area contributed by atoms with Gasteiger partial charge in [-0.25, -0.2) is 14.4 Å². The van der Waals surface area contributed by atoms with E-state index >= 15 is 0 Å². The van der Waals surface area contributed by atoms with E-state index in [1.54, 1.807) is 12.4 Å². The highest BCUT2D eigenvalue weighted by molar-refractivity contribution is 5.75. The van der Waals surface area contributed by atoms with E-state index in [1.807, 2.05) is 25.5 Å². The van der Waals surface area contributed by atoms with Gasteiger partial charge in [-0.1, -0.05) is 6.07 Å². The van der Waals surface area contributed by atoms with E-state index in [9.17, 15) is 4.39 Å². The zero-order valence-corrected chi connectivity index (χ0v) is 17.1. The van der Waals surface area contributed by atoms with E-state index in [0.717, 1.165) is 49.3 Å². The minimum absolute atomic E-state index is 0.241. The first-order valence-electron chi connectivity index (χ1n) is 10.5. The first kappa shape index (κ1) is 18.9. The minimum Gasteiger partial charge on any atom is -0.351 e. The number of benzene rings is 1. The SMILES string of the molecule is Cn1c(CN(CCc2c[nH]cn2)[C@H]2CCCc3cccnc32)nc2cc(F)ccc21. The third kappa shape index (κ3) is 3.61. The first-order valence-corrected chi connectivity index (χ1v) is 10.5. The lowest BCUT2D eigenvalue weighted by molar-refractivity contribution is 0.162. The number of aromatic amines is 1. The molecule has 154 valence electrons. The van der Waals surface area contributed by atoms with Crippen LogP contribution in [0.15, 0.2) is 49.1 Å². The van der Waals surface area contributed by atoms with E-state index in [-0.39, 0.29) is 11.9 Å². The molecule has 0 saturated carbocycles. The molecule has 3 aromatic heterocycles. The van der Waals surface area contributed by atoms with Crippen LogP contribution >= 0.6 is 0 Å². The molecule has 0 radical (unpaired) electrons. The molecular formula is C23H25FN6. The Morgan fingerprint density at radius 3 is 3.07 bits per heavy atom. The Balaban J connectivity index is 1.48. The Morgan fingerprint density at radius 2 is 2.20 bits per heavy atom. The van der Waals surface area contributed by atoms with Crippen molar-refractivity contribution in [2.24, 2.45) is 7.05 Å². The Hall–Kier alpha value is -3.06. The summed E-state index contributed by atoms with van der Waals surface area (Å²) in [6.07, 6.45) is 9.71. The molecule has 7 heteroatoms. The second kappa shape index (κ2) is 7.99. The predicted molar refractivity (Wildman–Crippen MR) is 113 cm³/mol. The lowest BCUT2D eigenvalue weighted by atomic mass is 9.90. The van der Waals surface area contributed by atoms with E-state index in [2.05, 4.69) is 25.5 Å². The van der Waals surface area contributed by atoms with Crippen molar-refractivity contribution in [2.45, 2.75) is 38.3 Å². The predicted octanol–water partition coefficient (Wildman–Crippen LogP) is 3.95. The van der Waals surface area contributed by atoms with Crippen molar-refractivity contribution < 1.29 is 4.39 Å². The van der Waals surface area contributed by atoms with Gasteiger partial charge in [0.2, 0.25) is 0 Å². The molecule has 0 spiro atoms. The number of fused-ring (bicyclic) bond motifs is 2. The van der Waals surface area contributed by atoms with Gasteiger partial charge in [-0.05, 0) is 43.0 Å². The van der Waals surface area contributed by atoms with Crippen molar-refractivity contribution in [3.63, 3.8) is 0 Å². The molecule has 0 aliphatic heterocycles. The summed E-state index contributed by atoms with van der Waals surface area (Å²) in [5.41, 5.74) is 5.20. The fraction of sp³-hybridized carbons (Fsp3) is 0.348. The topological polar surface area (TPSA) is 62.6 Å². The van der Waals surface area contributed by atoms with Crippen molar-refractivity contribution in [2.75, 3.05) is 6.54 Å². The number of imidazole rings is 2. The van der Waals surface area contributed by atoms with Gasteiger partial charge in [0, 0.05) is 38.5 Å². The third-order valence-electron chi connectivity index (χ3n) is 6.10. The van der Waals surface area contributed by atoms with Gasteiger partial charge >= 0.3 is 0 Å². The van der Waals surface area contributed by atoms with Gasteiger partial charge in [-0.3, -0.25) is 9.88 Å². The average molecular weight is 404 g/mol. The molecule has 3 heterocycles. The van der Waals surface area contributed by atoms with Crippen LogP contribution in [-0.2, 0) is 26.4 Å². The lowest BCUT2D eigenvalue weighted by Crippen LogP contribution is -2.34. The maximum atomic E-state index is 13.7. The molecular weight excluding hydrogens is 379 g/mol. The van der Waals surface area contributed by atoms with Crippen LogP contribution in [0.1, 0.15) is 41.7 Å². The van der Waals surface area contributed by atoms with Crippen LogP contribution in [-0.4, -0.2) is 35.9 Å². The highest BCUT2D eigenvalue weighted by atomic mass is 19.1. The van der Waals surface area contributed by atoms with Crippen molar-refractivity contribution in [3.05, 3.63) is 77.6 Å². The van der Waals surface area contributed by atoms with Crippen LogP contribution in [0, 0.1) is 5.82 Å². The number of aromatic nitrogens is 5. The minimum atomic E-state index is -0.257. The van der Waals surface area contributed by atoms with Crippen LogP contribution in [0.5, 0.6) is 0 Å². The zero-order chi connectivity index (χ0) is 20.5. The lowest BCUT2D eigenvalue weighted by Gasteiger charge is -2.34. The summed E-state index contributed by atoms with van der Waals surface area (Å²) < 4.78 is 15.8. The Bertz CT molecular complexity index is 1150. The van der Waals surface area contributed by atoms with Gasteiger partial charge in [0.25, 0.3) is 0 Å². The summed E-state index contributed by atoms with van der Waals surface area (Å²) in [7, 11) is 2.00. The van der Waals surface area contributed by atoms with Gasteiger partial charge in [-0.15, -0.1) is 0 Å². The number of aryl methyl sites for hydroxylation is 2. The first-order chi connectivity index (χ1) is 14.7. The normalized spacial score (nSPS) is 16.3. The maximum absolute atomic E-state index is 13.7. The van der Waals surface area contributed by atoms with Crippen LogP contribution < -0.4 is 0 Å². The van der Waals surface area contributed by atoms with Crippen LogP contribution in [0.4, 0.5) is 4.39 Å². The highest BCUT2D eigenvalue weighted by Crippen LogP contribution is 2.34. The maximum Gasteiger partial charge on any atom is 0.125 e. The molecule has 0 saturated heterocycles. The monoisotopic (exact) mass is 404 g/mol. The summed E-state index contributed by atoms with van der Waals surface area (Å²) in [4.78, 5) is 19.4. The Labute approximate surface area is 174 Å². The molecule has 1 atom stereocenters. The molecule has 0 amide bonds. The van der Waals surface area contributed by atoms with Crippen LogP contribution in [0.2, 0.25) is 0 Å². The molecule has 0 fully saturated rings. The molecule has 0 bridgehead atoms. The average Bonchev–Trinajstić information content (AvgIpc) is 3.39. The standard InChI is InChI=1S/C23H25FN6/c1-29-20-8-7-17(24)12-19(20)28-22(29)14-30(11-9-18-13-25-15-27-18)21-6-2-4-16-5-3-10-26-23(16)21/h3,5,7-8,10,12-13,15,21H,2,4,6,9,11,14H2,1H3,(H,25,27)/t21-/m0/s1. The van der Waals surface area contributed by atoms with Crippen molar-refractivity contribution in [3.8, 4) is 0 Å². The number of rotatable bonds is 6. The summed E-state index contributed by atoms with van der Waals surface area (Å²) in [5, 5.41) is 0. The summed E-state index contributed by atoms with van der Waals surface area (Å²) in [6, 6.07) is 9.25. The van der Waals surface area contributed by atoms with Crippen LogP contribution in [0.25, 0.3) is 11.0 Å². The number of pyridine rings is 1. The number of hydrogen-bond acceptors (Lipinski definition) is 4. The van der Waals surface area contributed by atoms with Crippen molar-refractivity contribution >= 4 is 11.0 Å². The Morgan fingerprint density at radius 1 is 1.27 bits per heavy atom. The van der Waals surface area contributed by atoms with E-state index in [4.69, 9.17) is 9.97 Å². The second-order valence-corrected chi connectivity index (χ2v) is 7.96. The highest BCUT2D eigenvalue weighted by Gasteiger charge is 2.28. The number of halogens is 1.